The predicted molar refractivity (Wildman–Crippen MR) is 115 cm³/mol. The third kappa shape index (κ3) is 5.09. The van der Waals surface area contributed by atoms with Crippen molar-refractivity contribution in [2.75, 3.05) is 13.1 Å². The molecule has 32 heavy (non-hydrogen) atoms. The molecule has 2 aromatic rings. The molecule has 0 aromatic heterocycles. The largest absolute Gasteiger partial charge is 0.489 e. The topological polar surface area (TPSA) is 49.8 Å². The summed E-state index contributed by atoms with van der Waals surface area (Å²) in [6, 6.07) is 10.3. The monoisotopic (exact) mass is 447 g/mol. The molecule has 0 radical (unpaired) electrons. The number of carboxylic acid groups (broad SMARTS) is 1. The average molecular weight is 447 g/mol. The molecule has 1 aliphatic heterocycles. The molecule has 4 rings (SSSR count). The van der Waals surface area contributed by atoms with Crippen LogP contribution in [-0.2, 0) is 24.1 Å². The van der Waals surface area contributed by atoms with E-state index in [1.165, 1.54) is 6.07 Å². The second kappa shape index (κ2) is 9.14. The van der Waals surface area contributed by atoms with Crippen LogP contribution in [0.25, 0.3) is 0 Å². The zero-order valence-corrected chi connectivity index (χ0v) is 18.1. The first-order valence-electron chi connectivity index (χ1n) is 11.1. The highest BCUT2D eigenvalue weighted by atomic mass is 19.4. The Morgan fingerprint density at radius 3 is 2.41 bits per heavy atom. The minimum atomic E-state index is -4.37. The van der Waals surface area contributed by atoms with Crippen molar-refractivity contribution in [2.24, 2.45) is 5.92 Å². The van der Waals surface area contributed by atoms with Crippen LogP contribution < -0.4 is 4.74 Å². The van der Waals surface area contributed by atoms with Gasteiger partial charge in [0.05, 0.1) is 11.5 Å². The highest BCUT2D eigenvalue weighted by Crippen LogP contribution is 2.42. The van der Waals surface area contributed by atoms with E-state index in [0.717, 1.165) is 36.8 Å². The van der Waals surface area contributed by atoms with Gasteiger partial charge in [0.2, 0.25) is 0 Å². The Morgan fingerprint density at radius 1 is 1.09 bits per heavy atom. The number of carboxylic acids is 1. The van der Waals surface area contributed by atoms with Gasteiger partial charge < -0.3 is 9.84 Å². The van der Waals surface area contributed by atoms with E-state index in [1.807, 2.05) is 25.1 Å². The van der Waals surface area contributed by atoms with Crippen molar-refractivity contribution in [1.29, 1.82) is 0 Å². The highest BCUT2D eigenvalue weighted by molar-refractivity contribution is 5.71. The van der Waals surface area contributed by atoms with Gasteiger partial charge in [0.15, 0.2) is 0 Å². The number of carbonyl (C=O) groups is 1. The van der Waals surface area contributed by atoms with Crippen LogP contribution in [-0.4, -0.2) is 29.1 Å². The molecule has 1 heterocycles. The van der Waals surface area contributed by atoms with Gasteiger partial charge in [-0.25, -0.2) is 0 Å². The minimum absolute atomic E-state index is 0.00596. The summed E-state index contributed by atoms with van der Waals surface area (Å²) in [6.07, 6.45) is -0.764. The molecule has 172 valence electrons. The number of likely N-dealkylation sites (tertiary alicyclic amines) is 1. The van der Waals surface area contributed by atoms with Gasteiger partial charge in [0.25, 0.3) is 0 Å². The Bertz CT molecular complexity index is 977. The van der Waals surface area contributed by atoms with E-state index >= 15 is 0 Å². The van der Waals surface area contributed by atoms with Crippen LogP contribution in [0.4, 0.5) is 13.2 Å². The molecule has 4 nitrogen and oxygen atoms in total. The van der Waals surface area contributed by atoms with Gasteiger partial charge in [-0.3, -0.25) is 9.69 Å². The number of halogens is 3. The van der Waals surface area contributed by atoms with Crippen molar-refractivity contribution >= 4 is 5.97 Å². The molecular formula is C25H28F3NO3. The zero-order valence-electron chi connectivity index (χ0n) is 18.1. The highest BCUT2D eigenvalue weighted by Gasteiger charge is 2.36. The van der Waals surface area contributed by atoms with Crippen molar-refractivity contribution in [1.82, 2.24) is 4.90 Å². The Balaban J connectivity index is 1.40. The molecule has 2 fully saturated rings. The molecule has 0 bridgehead atoms. The molecule has 0 atom stereocenters. The number of nitrogens with zero attached hydrogens (tertiary/aromatic N) is 1. The second-order valence-electron chi connectivity index (χ2n) is 9.02. The van der Waals surface area contributed by atoms with Gasteiger partial charge >= 0.3 is 12.1 Å². The number of hydrogen-bond acceptors (Lipinski definition) is 3. The first-order valence-corrected chi connectivity index (χ1v) is 11.1. The Hall–Kier alpha value is -2.54. The summed E-state index contributed by atoms with van der Waals surface area (Å²) < 4.78 is 46.9. The first-order chi connectivity index (χ1) is 15.2. The standard InChI is InChI=1S/C25H28F3NO3/c1-16-10-17(12-29-13-20(14-29)24(30)31)7-9-23(16)32-15-18-6-8-21(19-4-2-3-5-19)22(11-18)25(26,27)28/h6-11,19-20H,2-5,12-15H2,1H3,(H,30,31). The summed E-state index contributed by atoms with van der Waals surface area (Å²) in [5, 5.41) is 8.98. The third-order valence-electron chi connectivity index (χ3n) is 6.56. The number of ether oxygens (including phenoxy) is 1. The molecule has 1 N–H and O–H groups in total. The number of rotatable bonds is 7. The fourth-order valence-corrected chi connectivity index (χ4v) is 4.78. The smallest absolute Gasteiger partial charge is 0.416 e. The van der Waals surface area contributed by atoms with Crippen molar-refractivity contribution in [3.63, 3.8) is 0 Å². The summed E-state index contributed by atoms with van der Waals surface area (Å²) in [5.41, 5.74) is 2.33. The van der Waals surface area contributed by atoms with Gasteiger partial charge in [-0.05, 0) is 60.1 Å². The maximum Gasteiger partial charge on any atom is 0.416 e. The maximum absolute atomic E-state index is 13.7. The fourth-order valence-electron chi connectivity index (χ4n) is 4.78. The summed E-state index contributed by atoms with van der Waals surface area (Å²) in [6.45, 7) is 3.73. The second-order valence-corrected chi connectivity index (χ2v) is 9.02. The van der Waals surface area contributed by atoms with E-state index in [-0.39, 0.29) is 18.4 Å². The fraction of sp³-hybridized carbons (Fsp3) is 0.480. The predicted octanol–water partition coefficient (Wildman–Crippen LogP) is 5.77. The van der Waals surface area contributed by atoms with Crippen LogP contribution in [0.5, 0.6) is 5.75 Å². The van der Waals surface area contributed by atoms with E-state index in [9.17, 15) is 18.0 Å². The van der Waals surface area contributed by atoms with Crippen LogP contribution >= 0.6 is 0 Å². The zero-order chi connectivity index (χ0) is 22.9. The summed E-state index contributed by atoms with van der Waals surface area (Å²) in [4.78, 5) is 13.0. The van der Waals surface area contributed by atoms with Gasteiger partial charge in [-0.2, -0.15) is 13.2 Å². The lowest BCUT2D eigenvalue weighted by Gasteiger charge is -2.36. The van der Waals surface area contributed by atoms with Crippen molar-refractivity contribution < 1.29 is 27.8 Å². The number of hydrogen-bond donors (Lipinski definition) is 1. The van der Waals surface area contributed by atoms with E-state index < -0.39 is 17.7 Å². The van der Waals surface area contributed by atoms with Crippen LogP contribution in [0.3, 0.4) is 0 Å². The lowest BCUT2D eigenvalue weighted by molar-refractivity contribution is -0.147. The molecule has 1 saturated carbocycles. The molecule has 2 aromatic carbocycles. The number of aryl methyl sites for hydroxylation is 1. The van der Waals surface area contributed by atoms with Gasteiger partial charge in [0, 0.05) is 19.6 Å². The van der Waals surface area contributed by atoms with E-state index in [2.05, 4.69) is 4.90 Å². The van der Waals surface area contributed by atoms with Gasteiger partial charge in [-0.15, -0.1) is 0 Å². The van der Waals surface area contributed by atoms with Crippen LogP contribution in [0, 0.1) is 12.8 Å². The summed E-state index contributed by atoms with van der Waals surface area (Å²) in [5.74, 6) is -0.422. The number of benzene rings is 2. The quantitative estimate of drug-likeness (QED) is 0.586. The molecule has 0 amide bonds. The Kier molecular flexibility index (Phi) is 6.47. The van der Waals surface area contributed by atoms with Crippen LogP contribution in [0.1, 0.15) is 59.4 Å². The summed E-state index contributed by atoms with van der Waals surface area (Å²) >= 11 is 0. The number of aliphatic carboxylic acids is 1. The van der Waals surface area contributed by atoms with Crippen molar-refractivity contribution in [3.8, 4) is 5.75 Å². The molecule has 2 aliphatic rings. The molecule has 0 spiro atoms. The van der Waals surface area contributed by atoms with Crippen molar-refractivity contribution in [3.05, 3.63) is 64.2 Å². The normalized spacial score (nSPS) is 18.0. The molecular weight excluding hydrogens is 419 g/mol. The van der Waals surface area contributed by atoms with Crippen molar-refractivity contribution in [2.45, 2.75) is 57.9 Å². The van der Waals surface area contributed by atoms with Gasteiger partial charge in [-0.1, -0.05) is 37.1 Å². The Morgan fingerprint density at radius 2 is 1.78 bits per heavy atom. The Labute approximate surface area is 186 Å². The van der Waals surface area contributed by atoms with Crippen LogP contribution in [0.2, 0.25) is 0 Å². The summed E-state index contributed by atoms with van der Waals surface area (Å²) in [7, 11) is 0. The third-order valence-corrected chi connectivity index (χ3v) is 6.56. The molecule has 7 heteroatoms. The van der Waals surface area contributed by atoms with E-state index in [4.69, 9.17) is 9.84 Å². The van der Waals surface area contributed by atoms with Gasteiger partial charge in [0.1, 0.15) is 12.4 Å². The average Bonchev–Trinajstić information content (AvgIpc) is 3.23. The lowest BCUT2D eigenvalue weighted by Crippen LogP contribution is -2.49. The first kappa shape index (κ1) is 22.6. The minimum Gasteiger partial charge on any atom is -0.489 e. The molecule has 1 aliphatic carbocycles. The maximum atomic E-state index is 13.7. The lowest BCUT2D eigenvalue weighted by atomic mass is 9.91. The van der Waals surface area contributed by atoms with E-state index in [1.54, 1.807) is 12.1 Å². The van der Waals surface area contributed by atoms with E-state index in [0.29, 0.717) is 36.5 Å². The molecule has 1 saturated heterocycles. The molecule has 0 unspecified atom stereocenters. The van der Waals surface area contributed by atoms with Crippen LogP contribution in [0.15, 0.2) is 36.4 Å². The number of alkyl halides is 3. The SMILES string of the molecule is Cc1cc(CN2CC(C(=O)O)C2)ccc1OCc1ccc(C2CCCC2)c(C(F)(F)F)c1.